The predicted octanol–water partition coefficient (Wildman–Crippen LogP) is 1.69. The zero-order chi connectivity index (χ0) is 12.3. The summed E-state index contributed by atoms with van der Waals surface area (Å²) in [4.78, 5) is 10.9. The third-order valence-corrected chi connectivity index (χ3v) is 2.54. The molecule has 0 spiro atoms. The standard InChI is InChI=1S/C13H13FN2O/c14-11-3-1-2-10(8-11)13(15)9-16-6-4-12(17)5-7-16/h1-8,13H,9,15H2. The lowest BCUT2D eigenvalue weighted by molar-refractivity contribution is 0.565. The average molecular weight is 232 g/mol. The van der Waals surface area contributed by atoms with Gasteiger partial charge in [0.1, 0.15) is 5.82 Å². The van der Waals surface area contributed by atoms with Crippen LogP contribution in [0.1, 0.15) is 11.6 Å². The quantitative estimate of drug-likeness (QED) is 0.875. The molecule has 3 nitrogen and oxygen atoms in total. The third-order valence-electron chi connectivity index (χ3n) is 2.54. The van der Waals surface area contributed by atoms with Gasteiger partial charge >= 0.3 is 0 Å². The molecule has 0 fully saturated rings. The molecule has 0 saturated carbocycles. The molecule has 0 aliphatic heterocycles. The number of aromatic nitrogens is 1. The highest BCUT2D eigenvalue weighted by molar-refractivity contribution is 5.19. The maximum absolute atomic E-state index is 13.0. The van der Waals surface area contributed by atoms with Gasteiger partial charge in [-0.25, -0.2) is 4.39 Å². The summed E-state index contributed by atoms with van der Waals surface area (Å²) in [7, 11) is 0. The number of hydrogen-bond acceptors (Lipinski definition) is 2. The van der Waals surface area contributed by atoms with Crippen molar-refractivity contribution in [2.24, 2.45) is 5.73 Å². The summed E-state index contributed by atoms with van der Waals surface area (Å²) in [6, 6.07) is 8.87. The summed E-state index contributed by atoms with van der Waals surface area (Å²) >= 11 is 0. The summed E-state index contributed by atoms with van der Waals surface area (Å²) < 4.78 is 14.8. The molecule has 2 N–H and O–H groups in total. The Bertz CT molecular complexity index is 545. The predicted molar refractivity (Wildman–Crippen MR) is 64.0 cm³/mol. The van der Waals surface area contributed by atoms with Gasteiger partial charge in [0.2, 0.25) is 0 Å². The lowest BCUT2D eigenvalue weighted by Gasteiger charge is -2.14. The summed E-state index contributed by atoms with van der Waals surface area (Å²) in [5, 5.41) is 0. The van der Waals surface area contributed by atoms with E-state index < -0.39 is 0 Å². The fraction of sp³-hybridized carbons (Fsp3) is 0.154. The number of hydrogen-bond donors (Lipinski definition) is 1. The molecule has 1 aromatic carbocycles. The Morgan fingerprint density at radius 1 is 1.24 bits per heavy atom. The molecule has 0 radical (unpaired) electrons. The summed E-state index contributed by atoms with van der Waals surface area (Å²) in [6.07, 6.45) is 3.34. The molecule has 1 aromatic heterocycles. The van der Waals surface area contributed by atoms with E-state index in [1.807, 2.05) is 0 Å². The van der Waals surface area contributed by atoms with Crippen LogP contribution in [0, 0.1) is 5.82 Å². The van der Waals surface area contributed by atoms with Gasteiger partial charge in [0.25, 0.3) is 0 Å². The second kappa shape index (κ2) is 4.93. The van der Waals surface area contributed by atoms with E-state index in [1.54, 1.807) is 29.1 Å². The molecule has 0 aliphatic carbocycles. The van der Waals surface area contributed by atoms with E-state index in [-0.39, 0.29) is 17.3 Å². The van der Waals surface area contributed by atoms with Crippen molar-refractivity contribution in [1.82, 2.24) is 4.57 Å². The fourth-order valence-electron chi connectivity index (χ4n) is 1.64. The van der Waals surface area contributed by atoms with Crippen LogP contribution in [0.5, 0.6) is 0 Å². The van der Waals surface area contributed by atoms with Crippen LogP contribution in [-0.4, -0.2) is 4.57 Å². The molecule has 2 aromatic rings. The van der Waals surface area contributed by atoms with Crippen molar-refractivity contribution >= 4 is 0 Å². The summed E-state index contributed by atoms with van der Waals surface area (Å²) in [6.45, 7) is 0.504. The molecular weight excluding hydrogens is 219 g/mol. The molecule has 0 aliphatic rings. The van der Waals surface area contributed by atoms with Gasteiger partial charge in [0, 0.05) is 37.1 Å². The van der Waals surface area contributed by atoms with E-state index in [4.69, 9.17) is 5.73 Å². The van der Waals surface area contributed by atoms with Crippen LogP contribution in [0.25, 0.3) is 0 Å². The minimum atomic E-state index is -0.298. The van der Waals surface area contributed by atoms with E-state index in [2.05, 4.69) is 0 Å². The van der Waals surface area contributed by atoms with E-state index in [0.29, 0.717) is 6.54 Å². The molecule has 4 heteroatoms. The van der Waals surface area contributed by atoms with Crippen molar-refractivity contribution in [2.75, 3.05) is 0 Å². The molecular formula is C13H13FN2O. The molecule has 1 atom stereocenters. The van der Waals surface area contributed by atoms with E-state index in [0.717, 1.165) is 5.56 Å². The Kier molecular flexibility index (Phi) is 3.35. The zero-order valence-electron chi connectivity index (χ0n) is 9.21. The highest BCUT2D eigenvalue weighted by Crippen LogP contribution is 2.13. The van der Waals surface area contributed by atoms with Gasteiger partial charge in [0.15, 0.2) is 5.43 Å². The first-order valence-corrected chi connectivity index (χ1v) is 5.32. The van der Waals surface area contributed by atoms with Gasteiger partial charge in [-0.1, -0.05) is 12.1 Å². The summed E-state index contributed by atoms with van der Waals surface area (Å²) in [5.74, 6) is -0.294. The van der Waals surface area contributed by atoms with Crippen LogP contribution in [0.2, 0.25) is 0 Å². The monoisotopic (exact) mass is 232 g/mol. The van der Waals surface area contributed by atoms with Gasteiger partial charge in [0.05, 0.1) is 0 Å². The number of benzene rings is 1. The molecule has 2 rings (SSSR count). The first-order valence-electron chi connectivity index (χ1n) is 5.32. The smallest absolute Gasteiger partial charge is 0.181 e. The Morgan fingerprint density at radius 3 is 2.59 bits per heavy atom. The van der Waals surface area contributed by atoms with Crippen molar-refractivity contribution in [2.45, 2.75) is 12.6 Å². The number of rotatable bonds is 3. The summed E-state index contributed by atoms with van der Waals surface area (Å²) in [5.41, 5.74) is 6.67. The van der Waals surface area contributed by atoms with Crippen molar-refractivity contribution in [3.05, 3.63) is 70.4 Å². The molecule has 1 unspecified atom stereocenters. The second-order valence-electron chi connectivity index (χ2n) is 3.89. The Hall–Kier alpha value is -1.94. The minimum absolute atomic E-state index is 0.0411. The maximum Gasteiger partial charge on any atom is 0.181 e. The first kappa shape index (κ1) is 11.5. The van der Waals surface area contributed by atoms with Gasteiger partial charge in [-0.3, -0.25) is 4.79 Å². The molecule has 0 amide bonds. The first-order chi connectivity index (χ1) is 8.15. The average Bonchev–Trinajstić information content (AvgIpc) is 2.32. The molecule has 17 heavy (non-hydrogen) atoms. The topological polar surface area (TPSA) is 48.0 Å². The largest absolute Gasteiger partial charge is 0.352 e. The number of nitrogens with two attached hydrogens (primary N) is 1. The highest BCUT2D eigenvalue weighted by atomic mass is 19.1. The van der Waals surface area contributed by atoms with Crippen LogP contribution in [-0.2, 0) is 6.54 Å². The lowest BCUT2D eigenvalue weighted by atomic mass is 10.1. The van der Waals surface area contributed by atoms with Crippen LogP contribution in [0.4, 0.5) is 4.39 Å². The minimum Gasteiger partial charge on any atom is -0.352 e. The molecule has 88 valence electrons. The van der Waals surface area contributed by atoms with Crippen molar-refractivity contribution in [3.63, 3.8) is 0 Å². The number of nitrogens with zero attached hydrogens (tertiary/aromatic N) is 1. The van der Waals surface area contributed by atoms with Crippen molar-refractivity contribution < 1.29 is 4.39 Å². The number of halogens is 1. The Labute approximate surface area is 98.3 Å². The third kappa shape index (κ3) is 3.01. The van der Waals surface area contributed by atoms with Crippen molar-refractivity contribution in [1.29, 1.82) is 0 Å². The maximum atomic E-state index is 13.0. The van der Waals surface area contributed by atoms with Crippen LogP contribution in [0.15, 0.2) is 53.6 Å². The second-order valence-corrected chi connectivity index (χ2v) is 3.89. The van der Waals surface area contributed by atoms with Crippen molar-refractivity contribution in [3.8, 4) is 0 Å². The lowest BCUT2D eigenvalue weighted by Crippen LogP contribution is -2.18. The van der Waals surface area contributed by atoms with E-state index in [1.165, 1.54) is 24.3 Å². The molecule has 0 saturated heterocycles. The fourth-order valence-corrected chi connectivity index (χ4v) is 1.64. The Morgan fingerprint density at radius 2 is 1.94 bits per heavy atom. The van der Waals surface area contributed by atoms with Crippen LogP contribution >= 0.6 is 0 Å². The van der Waals surface area contributed by atoms with Crippen LogP contribution < -0.4 is 11.2 Å². The number of pyridine rings is 1. The van der Waals surface area contributed by atoms with Crippen LogP contribution in [0.3, 0.4) is 0 Å². The van der Waals surface area contributed by atoms with E-state index >= 15 is 0 Å². The zero-order valence-corrected chi connectivity index (χ0v) is 9.21. The normalized spacial score (nSPS) is 12.4. The van der Waals surface area contributed by atoms with Gasteiger partial charge in [-0.2, -0.15) is 0 Å². The van der Waals surface area contributed by atoms with Gasteiger partial charge in [-0.05, 0) is 17.7 Å². The van der Waals surface area contributed by atoms with E-state index in [9.17, 15) is 9.18 Å². The van der Waals surface area contributed by atoms with Gasteiger partial charge in [-0.15, -0.1) is 0 Å². The highest BCUT2D eigenvalue weighted by Gasteiger charge is 2.06. The molecule has 1 heterocycles. The molecule has 0 bridgehead atoms. The Balaban J connectivity index is 2.14. The SMILES string of the molecule is NC(Cn1ccc(=O)cc1)c1cccc(F)c1. The van der Waals surface area contributed by atoms with Gasteiger partial charge < -0.3 is 10.3 Å².